The monoisotopic (exact) mass is 330 g/mol. The molecule has 7 nitrogen and oxygen atoms in total. The fourth-order valence-corrected chi connectivity index (χ4v) is 2.29. The Hall–Kier alpha value is -2.96. The Morgan fingerprint density at radius 2 is 1.88 bits per heavy atom. The molecule has 1 aromatic carbocycles. The van der Waals surface area contributed by atoms with E-state index in [-0.39, 0.29) is 12.8 Å². The van der Waals surface area contributed by atoms with Crippen LogP contribution in [0.5, 0.6) is 0 Å². The molecule has 0 bridgehead atoms. The number of ether oxygens (including phenoxy) is 2. The standard InChI is InChI=1S/C17H18N2O5/c1-23-15(20)8-7-14(17(22)24-2)19-16(21)12-9-10-18-13-6-4-3-5-11(12)13/h3-6,9-10,14H,7-8H2,1-2H3,(H,19,21)/t14-/m1/s1. The molecule has 1 heterocycles. The number of methoxy groups -OCH3 is 2. The van der Waals surface area contributed by atoms with Gasteiger partial charge in [0.15, 0.2) is 0 Å². The van der Waals surface area contributed by atoms with Crippen molar-refractivity contribution in [3.63, 3.8) is 0 Å². The van der Waals surface area contributed by atoms with E-state index in [0.717, 1.165) is 0 Å². The van der Waals surface area contributed by atoms with E-state index in [1.165, 1.54) is 20.4 Å². The minimum atomic E-state index is -0.937. The van der Waals surface area contributed by atoms with Crippen molar-refractivity contribution in [2.24, 2.45) is 0 Å². The largest absolute Gasteiger partial charge is 0.469 e. The fourth-order valence-electron chi connectivity index (χ4n) is 2.29. The molecule has 0 aliphatic carbocycles. The molecule has 1 N–H and O–H groups in total. The first kappa shape index (κ1) is 17.4. The van der Waals surface area contributed by atoms with Crippen molar-refractivity contribution in [1.29, 1.82) is 0 Å². The number of esters is 2. The summed E-state index contributed by atoms with van der Waals surface area (Å²) in [5.74, 6) is -1.52. The number of carbonyl (C=O) groups excluding carboxylic acids is 3. The lowest BCUT2D eigenvalue weighted by Gasteiger charge is -2.16. The van der Waals surface area contributed by atoms with Gasteiger partial charge in [0, 0.05) is 18.0 Å². The molecule has 24 heavy (non-hydrogen) atoms. The molecule has 0 aliphatic rings. The van der Waals surface area contributed by atoms with Gasteiger partial charge in [-0.05, 0) is 18.6 Å². The highest BCUT2D eigenvalue weighted by molar-refractivity contribution is 6.07. The minimum Gasteiger partial charge on any atom is -0.469 e. The molecule has 0 aliphatic heterocycles. The number of pyridine rings is 1. The predicted molar refractivity (Wildman–Crippen MR) is 86.3 cm³/mol. The van der Waals surface area contributed by atoms with E-state index in [2.05, 4.69) is 19.8 Å². The van der Waals surface area contributed by atoms with Crippen LogP contribution in [0.15, 0.2) is 36.5 Å². The quantitative estimate of drug-likeness (QED) is 0.806. The predicted octanol–water partition coefficient (Wildman–Crippen LogP) is 1.46. The van der Waals surface area contributed by atoms with Crippen LogP contribution in [0.4, 0.5) is 0 Å². The van der Waals surface area contributed by atoms with Gasteiger partial charge in [-0.1, -0.05) is 18.2 Å². The lowest BCUT2D eigenvalue weighted by molar-refractivity contribution is -0.144. The number of hydrogen-bond donors (Lipinski definition) is 1. The van der Waals surface area contributed by atoms with E-state index in [9.17, 15) is 14.4 Å². The smallest absolute Gasteiger partial charge is 0.328 e. The Labute approximate surface area is 139 Å². The van der Waals surface area contributed by atoms with Gasteiger partial charge in [-0.25, -0.2) is 4.79 Å². The summed E-state index contributed by atoms with van der Waals surface area (Å²) in [5.41, 5.74) is 1.07. The van der Waals surface area contributed by atoms with Gasteiger partial charge in [0.25, 0.3) is 5.91 Å². The topological polar surface area (TPSA) is 94.6 Å². The molecule has 126 valence electrons. The van der Waals surface area contributed by atoms with Crippen molar-refractivity contribution in [3.8, 4) is 0 Å². The molecule has 0 unspecified atom stereocenters. The van der Waals surface area contributed by atoms with E-state index in [0.29, 0.717) is 16.5 Å². The van der Waals surface area contributed by atoms with Crippen LogP contribution >= 0.6 is 0 Å². The fraction of sp³-hybridized carbons (Fsp3) is 0.294. The average Bonchev–Trinajstić information content (AvgIpc) is 2.63. The molecule has 1 amide bonds. The van der Waals surface area contributed by atoms with Crippen molar-refractivity contribution in [2.45, 2.75) is 18.9 Å². The van der Waals surface area contributed by atoms with Crippen molar-refractivity contribution < 1.29 is 23.9 Å². The Morgan fingerprint density at radius 1 is 1.12 bits per heavy atom. The van der Waals surface area contributed by atoms with Crippen LogP contribution in [0, 0.1) is 0 Å². The number of para-hydroxylation sites is 1. The second-order valence-electron chi connectivity index (χ2n) is 5.04. The maximum absolute atomic E-state index is 12.5. The minimum absolute atomic E-state index is 0.00631. The molecule has 2 aromatic rings. The summed E-state index contributed by atoms with van der Waals surface area (Å²) in [7, 11) is 2.48. The van der Waals surface area contributed by atoms with E-state index in [4.69, 9.17) is 0 Å². The lowest BCUT2D eigenvalue weighted by Crippen LogP contribution is -2.42. The highest BCUT2D eigenvalue weighted by Crippen LogP contribution is 2.16. The number of amides is 1. The molecular weight excluding hydrogens is 312 g/mol. The molecule has 0 saturated heterocycles. The van der Waals surface area contributed by atoms with Gasteiger partial charge in [0.2, 0.25) is 0 Å². The lowest BCUT2D eigenvalue weighted by atomic mass is 10.1. The van der Waals surface area contributed by atoms with Crippen molar-refractivity contribution in [2.75, 3.05) is 14.2 Å². The number of benzene rings is 1. The zero-order valence-corrected chi connectivity index (χ0v) is 13.4. The van der Waals surface area contributed by atoms with E-state index >= 15 is 0 Å². The van der Waals surface area contributed by atoms with Crippen LogP contribution in [0.25, 0.3) is 10.9 Å². The van der Waals surface area contributed by atoms with Gasteiger partial charge in [-0.2, -0.15) is 0 Å². The van der Waals surface area contributed by atoms with Crippen molar-refractivity contribution >= 4 is 28.7 Å². The third-order valence-corrected chi connectivity index (χ3v) is 3.55. The van der Waals surface area contributed by atoms with Crippen LogP contribution in [0.3, 0.4) is 0 Å². The number of nitrogens with zero attached hydrogens (tertiary/aromatic N) is 1. The summed E-state index contributed by atoms with van der Waals surface area (Å²) < 4.78 is 9.23. The van der Waals surface area contributed by atoms with Crippen LogP contribution < -0.4 is 5.32 Å². The van der Waals surface area contributed by atoms with E-state index < -0.39 is 23.9 Å². The van der Waals surface area contributed by atoms with Gasteiger partial charge in [0.1, 0.15) is 6.04 Å². The van der Waals surface area contributed by atoms with Crippen LogP contribution in [0.1, 0.15) is 23.2 Å². The normalized spacial score (nSPS) is 11.6. The maximum atomic E-state index is 12.5. The summed E-state index contributed by atoms with van der Waals surface area (Å²) in [6.07, 6.45) is 1.61. The molecule has 1 aromatic heterocycles. The third kappa shape index (κ3) is 4.07. The zero-order valence-electron chi connectivity index (χ0n) is 13.4. The average molecular weight is 330 g/mol. The Balaban J connectivity index is 2.19. The molecule has 1 atom stereocenters. The highest BCUT2D eigenvalue weighted by atomic mass is 16.5. The third-order valence-electron chi connectivity index (χ3n) is 3.55. The number of nitrogens with one attached hydrogen (secondary N) is 1. The first-order valence-electron chi connectivity index (χ1n) is 7.36. The van der Waals surface area contributed by atoms with E-state index in [1.807, 2.05) is 6.07 Å². The maximum Gasteiger partial charge on any atom is 0.328 e. The summed E-state index contributed by atoms with van der Waals surface area (Å²) >= 11 is 0. The number of aromatic nitrogens is 1. The van der Waals surface area contributed by atoms with Crippen molar-refractivity contribution in [1.82, 2.24) is 10.3 Å². The molecule has 0 fully saturated rings. The molecular formula is C17H18N2O5. The molecule has 7 heteroatoms. The summed E-state index contributed by atoms with van der Waals surface area (Å²) in [6.45, 7) is 0. The highest BCUT2D eigenvalue weighted by Gasteiger charge is 2.24. The number of fused-ring (bicyclic) bond motifs is 1. The zero-order chi connectivity index (χ0) is 17.5. The van der Waals surface area contributed by atoms with Gasteiger partial charge in [-0.3, -0.25) is 14.6 Å². The second kappa shape index (κ2) is 8.05. The molecule has 0 radical (unpaired) electrons. The first-order chi connectivity index (χ1) is 11.6. The van der Waals surface area contributed by atoms with Crippen molar-refractivity contribution in [3.05, 3.63) is 42.1 Å². The Morgan fingerprint density at radius 3 is 2.58 bits per heavy atom. The van der Waals surface area contributed by atoms with E-state index in [1.54, 1.807) is 24.3 Å². The van der Waals surface area contributed by atoms with Gasteiger partial charge >= 0.3 is 11.9 Å². The Kier molecular flexibility index (Phi) is 5.83. The van der Waals surface area contributed by atoms with Gasteiger partial charge in [0.05, 0.1) is 25.3 Å². The number of rotatable bonds is 6. The molecule has 0 spiro atoms. The second-order valence-corrected chi connectivity index (χ2v) is 5.04. The summed E-state index contributed by atoms with van der Waals surface area (Å²) in [6, 6.07) is 7.83. The SMILES string of the molecule is COC(=O)CC[C@@H](NC(=O)c1ccnc2ccccc12)C(=O)OC. The first-order valence-corrected chi connectivity index (χ1v) is 7.36. The number of hydrogen-bond acceptors (Lipinski definition) is 6. The van der Waals surface area contributed by atoms with Crippen LogP contribution in [-0.2, 0) is 19.1 Å². The van der Waals surface area contributed by atoms with Gasteiger partial charge in [-0.15, -0.1) is 0 Å². The van der Waals surface area contributed by atoms with Gasteiger partial charge < -0.3 is 14.8 Å². The number of carbonyl (C=O) groups is 3. The van der Waals surface area contributed by atoms with Crippen LogP contribution in [0.2, 0.25) is 0 Å². The van der Waals surface area contributed by atoms with Crippen LogP contribution in [-0.4, -0.2) is 43.1 Å². The summed E-state index contributed by atoms with van der Waals surface area (Å²) in [5, 5.41) is 3.28. The molecule has 2 rings (SSSR count). The Bertz CT molecular complexity index is 754. The molecule has 0 saturated carbocycles. The summed E-state index contributed by atoms with van der Waals surface area (Å²) in [4.78, 5) is 39.8.